The molecule has 0 saturated carbocycles. The van der Waals surface area contributed by atoms with Gasteiger partial charge in [-0.1, -0.05) is 31.2 Å². The van der Waals surface area contributed by atoms with Gasteiger partial charge in [0.1, 0.15) is 5.75 Å². The average molecular weight is 241 g/mol. The van der Waals surface area contributed by atoms with Crippen LogP contribution in [-0.4, -0.2) is 7.11 Å². The molecule has 0 heterocycles. The lowest BCUT2D eigenvalue weighted by atomic mass is 10.0. The van der Waals surface area contributed by atoms with Crippen LogP contribution in [0.25, 0.3) is 0 Å². The Kier molecular flexibility index (Phi) is 3.88. The van der Waals surface area contributed by atoms with Crippen LogP contribution in [0.1, 0.15) is 23.6 Å². The Labute approximate surface area is 108 Å². The number of hydrogen-bond acceptors (Lipinski definition) is 2. The summed E-state index contributed by atoms with van der Waals surface area (Å²) in [6, 6.07) is 14.4. The molecule has 0 radical (unpaired) electrons. The summed E-state index contributed by atoms with van der Waals surface area (Å²) in [5.74, 6) is 0.967. The van der Waals surface area contributed by atoms with E-state index in [0.29, 0.717) is 0 Å². The number of nitrogens with two attached hydrogens (primary N) is 1. The Morgan fingerprint density at radius 1 is 1.06 bits per heavy atom. The first-order chi connectivity index (χ1) is 8.72. The van der Waals surface area contributed by atoms with Gasteiger partial charge in [0.25, 0.3) is 0 Å². The minimum Gasteiger partial charge on any atom is -0.496 e. The third-order valence-corrected chi connectivity index (χ3v) is 3.09. The fourth-order valence-electron chi connectivity index (χ4n) is 2.16. The van der Waals surface area contributed by atoms with E-state index in [1.807, 2.05) is 24.3 Å². The predicted octanol–water partition coefficient (Wildman–Crippen LogP) is 3.43. The molecule has 2 rings (SSSR count). The Bertz CT molecular complexity index is 534. The molecule has 94 valence electrons. The molecule has 0 fully saturated rings. The van der Waals surface area contributed by atoms with Crippen molar-refractivity contribution in [1.82, 2.24) is 0 Å². The largest absolute Gasteiger partial charge is 0.496 e. The second-order valence-electron chi connectivity index (χ2n) is 4.42. The SMILES string of the molecule is CCc1cc(Cc2cccc(N)c2)ccc1OC. The van der Waals surface area contributed by atoms with Crippen molar-refractivity contribution < 1.29 is 4.74 Å². The van der Waals surface area contributed by atoms with Gasteiger partial charge in [0, 0.05) is 5.69 Å². The summed E-state index contributed by atoms with van der Waals surface area (Å²) in [4.78, 5) is 0. The molecule has 0 atom stereocenters. The van der Waals surface area contributed by atoms with E-state index in [4.69, 9.17) is 10.5 Å². The Morgan fingerprint density at radius 3 is 2.50 bits per heavy atom. The monoisotopic (exact) mass is 241 g/mol. The molecule has 2 nitrogen and oxygen atoms in total. The second kappa shape index (κ2) is 5.58. The van der Waals surface area contributed by atoms with Crippen molar-refractivity contribution in [2.24, 2.45) is 0 Å². The zero-order chi connectivity index (χ0) is 13.0. The van der Waals surface area contributed by atoms with E-state index in [0.717, 1.165) is 24.3 Å². The number of nitrogen functional groups attached to an aromatic ring is 1. The molecule has 2 N–H and O–H groups in total. The molecule has 2 aromatic rings. The molecule has 2 heteroatoms. The van der Waals surface area contributed by atoms with E-state index in [2.05, 4.69) is 25.1 Å². The fourth-order valence-corrected chi connectivity index (χ4v) is 2.16. The molecule has 0 unspecified atom stereocenters. The van der Waals surface area contributed by atoms with Crippen molar-refractivity contribution in [2.45, 2.75) is 19.8 Å². The molecule has 0 saturated heterocycles. The molecule has 0 aliphatic carbocycles. The van der Waals surface area contributed by atoms with Crippen LogP contribution < -0.4 is 10.5 Å². The maximum absolute atomic E-state index is 5.79. The predicted molar refractivity (Wildman–Crippen MR) is 76.0 cm³/mol. The van der Waals surface area contributed by atoms with Gasteiger partial charge < -0.3 is 10.5 Å². The maximum atomic E-state index is 5.79. The minimum atomic E-state index is 0.816. The molecule has 0 aliphatic rings. The highest BCUT2D eigenvalue weighted by Gasteiger charge is 2.03. The summed E-state index contributed by atoms with van der Waals surface area (Å²) in [6.45, 7) is 2.14. The fraction of sp³-hybridized carbons (Fsp3) is 0.250. The van der Waals surface area contributed by atoms with Gasteiger partial charge in [0.2, 0.25) is 0 Å². The number of methoxy groups -OCH3 is 1. The van der Waals surface area contributed by atoms with E-state index < -0.39 is 0 Å². The molecule has 0 spiro atoms. The molecule has 0 bridgehead atoms. The van der Waals surface area contributed by atoms with Crippen LogP contribution in [0.3, 0.4) is 0 Å². The van der Waals surface area contributed by atoms with Gasteiger partial charge in [-0.2, -0.15) is 0 Å². The van der Waals surface area contributed by atoms with E-state index in [1.54, 1.807) is 7.11 Å². The minimum absolute atomic E-state index is 0.816. The van der Waals surface area contributed by atoms with Gasteiger partial charge in [0.05, 0.1) is 7.11 Å². The molecule has 18 heavy (non-hydrogen) atoms. The zero-order valence-corrected chi connectivity index (χ0v) is 10.9. The third-order valence-electron chi connectivity index (χ3n) is 3.09. The summed E-state index contributed by atoms with van der Waals surface area (Å²) < 4.78 is 5.34. The van der Waals surface area contributed by atoms with Crippen LogP contribution in [0.15, 0.2) is 42.5 Å². The second-order valence-corrected chi connectivity index (χ2v) is 4.42. The van der Waals surface area contributed by atoms with Gasteiger partial charge in [0.15, 0.2) is 0 Å². The summed E-state index contributed by atoms with van der Waals surface area (Å²) in [6.07, 6.45) is 1.88. The highest BCUT2D eigenvalue weighted by Crippen LogP contribution is 2.22. The Morgan fingerprint density at radius 2 is 1.83 bits per heavy atom. The van der Waals surface area contributed by atoms with Crippen molar-refractivity contribution in [3.63, 3.8) is 0 Å². The van der Waals surface area contributed by atoms with Crippen LogP contribution in [-0.2, 0) is 12.8 Å². The van der Waals surface area contributed by atoms with Crippen LogP contribution in [0.2, 0.25) is 0 Å². The van der Waals surface area contributed by atoms with Crippen LogP contribution in [0.5, 0.6) is 5.75 Å². The lowest BCUT2D eigenvalue weighted by molar-refractivity contribution is 0.410. The standard InChI is InChI=1S/C16H19NO/c1-3-14-10-13(7-8-16(14)18-2)9-12-5-4-6-15(17)11-12/h4-8,10-11H,3,9,17H2,1-2H3. The number of rotatable bonds is 4. The molecule has 0 aromatic heterocycles. The quantitative estimate of drug-likeness (QED) is 0.832. The molecule has 0 amide bonds. The number of ether oxygens (including phenoxy) is 1. The lowest BCUT2D eigenvalue weighted by Crippen LogP contribution is -1.95. The van der Waals surface area contributed by atoms with Crippen molar-refractivity contribution in [1.29, 1.82) is 0 Å². The van der Waals surface area contributed by atoms with Crippen molar-refractivity contribution in [3.05, 3.63) is 59.2 Å². The average Bonchev–Trinajstić information content (AvgIpc) is 2.38. The number of anilines is 1. The van der Waals surface area contributed by atoms with Crippen molar-refractivity contribution in [2.75, 3.05) is 12.8 Å². The van der Waals surface area contributed by atoms with Gasteiger partial charge in [-0.3, -0.25) is 0 Å². The number of benzene rings is 2. The first-order valence-corrected chi connectivity index (χ1v) is 6.23. The summed E-state index contributed by atoms with van der Waals surface area (Å²) in [7, 11) is 1.71. The van der Waals surface area contributed by atoms with E-state index >= 15 is 0 Å². The van der Waals surface area contributed by atoms with E-state index in [-0.39, 0.29) is 0 Å². The summed E-state index contributed by atoms with van der Waals surface area (Å²) >= 11 is 0. The highest BCUT2D eigenvalue weighted by molar-refractivity contribution is 5.44. The van der Waals surface area contributed by atoms with Gasteiger partial charge in [-0.15, -0.1) is 0 Å². The lowest BCUT2D eigenvalue weighted by Gasteiger charge is -2.09. The van der Waals surface area contributed by atoms with Gasteiger partial charge >= 0.3 is 0 Å². The third kappa shape index (κ3) is 2.83. The van der Waals surface area contributed by atoms with Gasteiger partial charge in [-0.05, 0) is 47.7 Å². The molecule has 0 aliphatic heterocycles. The first-order valence-electron chi connectivity index (χ1n) is 6.23. The Hall–Kier alpha value is -1.96. The van der Waals surface area contributed by atoms with Crippen LogP contribution in [0.4, 0.5) is 5.69 Å². The van der Waals surface area contributed by atoms with Crippen molar-refractivity contribution >= 4 is 5.69 Å². The maximum Gasteiger partial charge on any atom is 0.122 e. The highest BCUT2D eigenvalue weighted by atomic mass is 16.5. The summed E-state index contributed by atoms with van der Waals surface area (Å²) in [5, 5.41) is 0. The topological polar surface area (TPSA) is 35.2 Å². The number of aryl methyl sites for hydroxylation is 1. The molecule has 2 aromatic carbocycles. The van der Waals surface area contributed by atoms with Crippen molar-refractivity contribution in [3.8, 4) is 5.75 Å². The van der Waals surface area contributed by atoms with E-state index in [9.17, 15) is 0 Å². The van der Waals surface area contributed by atoms with Gasteiger partial charge in [-0.25, -0.2) is 0 Å². The normalized spacial score (nSPS) is 10.3. The summed E-state index contributed by atoms with van der Waals surface area (Å²) in [5.41, 5.74) is 10.4. The Balaban J connectivity index is 2.24. The molecular weight excluding hydrogens is 222 g/mol. The zero-order valence-electron chi connectivity index (χ0n) is 10.9. The van der Waals surface area contributed by atoms with Crippen LogP contribution >= 0.6 is 0 Å². The number of hydrogen-bond donors (Lipinski definition) is 1. The van der Waals surface area contributed by atoms with Crippen LogP contribution in [0, 0.1) is 0 Å². The smallest absolute Gasteiger partial charge is 0.122 e. The first kappa shape index (κ1) is 12.5. The van der Waals surface area contributed by atoms with E-state index in [1.165, 1.54) is 16.7 Å². The molecular formula is C16H19NO.